The van der Waals surface area contributed by atoms with Crippen LogP contribution < -0.4 is 0 Å². The van der Waals surface area contributed by atoms with E-state index < -0.39 is 11.9 Å². The maximum Gasteiger partial charge on any atom is 0.231 e. The Morgan fingerprint density at radius 2 is 1.71 bits per heavy atom. The summed E-state index contributed by atoms with van der Waals surface area (Å²) in [7, 11) is 0. The molecule has 0 saturated heterocycles. The zero-order chi connectivity index (χ0) is 16.9. The molecule has 24 heavy (non-hydrogen) atoms. The maximum atomic E-state index is 13.5. The average molecular weight is 325 g/mol. The normalized spacial score (nSPS) is 20.3. The van der Waals surface area contributed by atoms with Crippen LogP contribution in [0.5, 0.6) is 0 Å². The van der Waals surface area contributed by atoms with Crippen LogP contribution in [-0.4, -0.2) is 4.98 Å². The highest BCUT2D eigenvalue weighted by molar-refractivity contribution is 5.33. The summed E-state index contributed by atoms with van der Waals surface area (Å²) in [6.07, 6.45) is 5.31. The quantitative estimate of drug-likeness (QED) is 0.543. The first-order valence-electron chi connectivity index (χ1n) is 8.58. The van der Waals surface area contributed by atoms with Crippen molar-refractivity contribution in [1.29, 1.82) is 0 Å². The van der Waals surface area contributed by atoms with Crippen LogP contribution in [0.1, 0.15) is 55.2 Å². The zero-order valence-corrected chi connectivity index (χ0v) is 13.9. The number of rotatable bonds is 2. The van der Waals surface area contributed by atoms with Crippen molar-refractivity contribution in [2.45, 2.75) is 44.9 Å². The largest absolute Gasteiger partial charge is 0.231 e. The molecular weight excluding hydrogens is 304 g/mol. The zero-order valence-electron chi connectivity index (χ0n) is 13.9. The van der Waals surface area contributed by atoms with Crippen molar-refractivity contribution in [2.24, 2.45) is 5.92 Å². The third kappa shape index (κ3) is 4.00. The molecule has 0 unspecified atom stereocenters. The number of pyridine rings is 1. The number of aryl methyl sites for hydroxylation is 1. The lowest BCUT2D eigenvalue weighted by molar-refractivity contribution is 0.384. The summed E-state index contributed by atoms with van der Waals surface area (Å²) in [5.74, 6) is 5.20. The Labute approximate surface area is 142 Å². The average Bonchev–Trinajstić information content (AvgIpc) is 2.62. The second kappa shape index (κ2) is 7.57. The van der Waals surface area contributed by atoms with E-state index in [1.165, 1.54) is 17.2 Å². The molecule has 0 atom stereocenters. The van der Waals surface area contributed by atoms with Crippen LogP contribution in [0.15, 0.2) is 36.4 Å². The predicted molar refractivity (Wildman–Crippen MR) is 91.6 cm³/mol. The Bertz CT molecular complexity index is 748. The molecule has 1 nitrogen and oxygen atoms in total. The van der Waals surface area contributed by atoms with Crippen LogP contribution in [0, 0.1) is 29.7 Å². The first-order chi connectivity index (χ1) is 11.7. The van der Waals surface area contributed by atoms with Gasteiger partial charge in [-0.25, -0.2) is 0 Å². The van der Waals surface area contributed by atoms with Crippen LogP contribution in [-0.2, 0) is 6.42 Å². The van der Waals surface area contributed by atoms with Crippen molar-refractivity contribution in [3.63, 3.8) is 0 Å². The number of hydrogen-bond donors (Lipinski definition) is 0. The molecule has 1 fully saturated rings. The summed E-state index contributed by atoms with van der Waals surface area (Å²) in [4.78, 5) is 3.17. The molecule has 0 aliphatic heterocycles. The smallest absolute Gasteiger partial charge is 0.189 e. The first-order valence-corrected chi connectivity index (χ1v) is 8.58. The molecule has 3 heteroatoms. The minimum absolute atomic E-state index is 0.175. The summed E-state index contributed by atoms with van der Waals surface area (Å²) in [5.41, 5.74) is 2.95. The van der Waals surface area contributed by atoms with Gasteiger partial charge < -0.3 is 0 Å². The summed E-state index contributed by atoms with van der Waals surface area (Å²) in [6, 6.07) is 11.4. The third-order valence-corrected chi connectivity index (χ3v) is 4.81. The van der Waals surface area contributed by atoms with Gasteiger partial charge in [0, 0.05) is 5.92 Å². The Morgan fingerprint density at radius 1 is 1.00 bits per heavy atom. The maximum absolute atomic E-state index is 13.5. The van der Waals surface area contributed by atoms with Gasteiger partial charge in [-0.05, 0) is 61.3 Å². The first kappa shape index (κ1) is 16.6. The Balaban J connectivity index is 1.60. The highest BCUT2D eigenvalue weighted by atomic mass is 19.1. The lowest BCUT2D eigenvalue weighted by Crippen LogP contribution is -2.12. The van der Waals surface area contributed by atoms with Crippen molar-refractivity contribution in [3.8, 4) is 11.8 Å². The van der Waals surface area contributed by atoms with Gasteiger partial charge in [-0.15, -0.1) is 0 Å². The molecule has 0 N–H and O–H groups in total. The molecule has 1 aromatic heterocycles. The van der Waals surface area contributed by atoms with Crippen molar-refractivity contribution in [3.05, 3.63) is 65.0 Å². The summed E-state index contributed by atoms with van der Waals surface area (Å²) in [5, 5.41) is 0. The highest BCUT2D eigenvalue weighted by Crippen LogP contribution is 2.35. The van der Waals surface area contributed by atoms with E-state index in [9.17, 15) is 8.78 Å². The Kier molecular flexibility index (Phi) is 5.25. The van der Waals surface area contributed by atoms with Crippen LogP contribution in [0.4, 0.5) is 8.78 Å². The summed E-state index contributed by atoms with van der Waals surface area (Å²) < 4.78 is 26.3. The van der Waals surface area contributed by atoms with Gasteiger partial charge in [-0.1, -0.05) is 43.0 Å². The van der Waals surface area contributed by atoms with Gasteiger partial charge in [0.15, 0.2) is 0 Å². The number of aromatic nitrogens is 1. The summed E-state index contributed by atoms with van der Waals surface area (Å²) in [6.45, 7) is 2.17. The Hall–Kier alpha value is -2.21. The van der Waals surface area contributed by atoms with E-state index in [0.29, 0.717) is 5.92 Å². The number of hydrogen-bond acceptors (Lipinski definition) is 1. The molecule has 0 radical (unpaired) electrons. The molecule has 2 aromatic rings. The van der Waals surface area contributed by atoms with Crippen LogP contribution >= 0.6 is 0 Å². The molecule has 3 rings (SSSR count). The van der Waals surface area contributed by atoms with Crippen molar-refractivity contribution < 1.29 is 8.78 Å². The fourth-order valence-electron chi connectivity index (χ4n) is 3.28. The van der Waals surface area contributed by atoms with Gasteiger partial charge >= 0.3 is 0 Å². The molecule has 1 aliphatic carbocycles. The number of halogens is 2. The van der Waals surface area contributed by atoms with Crippen molar-refractivity contribution >= 4 is 0 Å². The van der Waals surface area contributed by atoms with E-state index in [0.717, 1.165) is 38.2 Å². The molecule has 0 amide bonds. The van der Waals surface area contributed by atoms with Gasteiger partial charge in [0.25, 0.3) is 0 Å². The lowest BCUT2D eigenvalue weighted by Gasteiger charge is -2.26. The Morgan fingerprint density at radius 3 is 2.33 bits per heavy atom. The molecule has 0 bridgehead atoms. The SMILES string of the molecule is CCc1ccc(C2CCC(C#Cc3ccc(F)nc3F)CC2)cc1. The fourth-order valence-corrected chi connectivity index (χ4v) is 3.28. The standard InChI is InChI=1S/C21H21F2N/c1-2-15-3-8-17(9-4-15)18-10-5-16(6-11-18)7-12-19-13-14-20(22)24-21(19)23/h3-4,8-9,13-14,16,18H,2,5-6,10-11H2,1H3. The van der Waals surface area contributed by atoms with E-state index in [1.807, 2.05) is 0 Å². The lowest BCUT2D eigenvalue weighted by atomic mass is 9.79. The molecule has 1 saturated carbocycles. The van der Waals surface area contributed by atoms with E-state index in [2.05, 4.69) is 48.0 Å². The van der Waals surface area contributed by atoms with Crippen molar-refractivity contribution in [2.75, 3.05) is 0 Å². The highest BCUT2D eigenvalue weighted by Gasteiger charge is 2.21. The fraction of sp³-hybridized carbons (Fsp3) is 0.381. The van der Waals surface area contributed by atoms with E-state index in [1.54, 1.807) is 0 Å². The molecule has 1 heterocycles. The molecule has 0 spiro atoms. The van der Waals surface area contributed by atoms with E-state index >= 15 is 0 Å². The second-order valence-electron chi connectivity index (χ2n) is 6.39. The monoisotopic (exact) mass is 325 g/mol. The van der Waals surface area contributed by atoms with Crippen LogP contribution in [0.2, 0.25) is 0 Å². The predicted octanol–water partition coefficient (Wildman–Crippen LogP) is 5.25. The van der Waals surface area contributed by atoms with Gasteiger partial charge in [0.05, 0.1) is 5.56 Å². The van der Waals surface area contributed by atoms with Crippen LogP contribution in [0.25, 0.3) is 0 Å². The third-order valence-electron chi connectivity index (χ3n) is 4.81. The van der Waals surface area contributed by atoms with Gasteiger partial charge in [0.1, 0.15) is 0 Å². The molecule has 1 aliphatic rings. The van der Waals surface area contributed by atoms with Crippen LogP contribution in [0.3, 0.4) is 0 Å². The minimum atomic E-state index is -0.827. The molecular formula is C21H21F2N. The van der Waals surface area contributed by atoms with E-state index in [-0.39, 0.29) is 11.5 Å². The van der Waals surface area contributed by atoms with Gasteiger partial charge in [0.2, 0.25) is 11.9 Å². The number of nitrogens with zero attached hydrogens (tertiary/aromatic N) is 1. The topological polar surface area (TPSA) is 12.9 Å². The molecule has 124 valence electrons. The minimum Gasteiger partial charge on any atom is -0.189 e. The van der Waals surface area contributed by atoms with Gasteiger partial charge in [-0.3, -0.25) is 0 Å². The van der Waals surface area contributed by atoms with Crippen molar-refractivity contribution in [1.82, 2.24) is 4.98 Å². The summed E-state index contributed by atoms with van der Waals surface area (Å²) >= 11 is 0. The number of benzene rings is 1. The van der Waals surface area contributed by atoms with E-state index in [4.69, 9.17) is 0 Å². The molecule has 1 aromatic carbocycles. The van der Waals surface area contributed by atoms with Gasteiger partial charge in [-0.2, -0.15) is 13.8 Å². The second-order valence-corrected chi connectivity index (χ2v) is 6.39.